The van der Waals surface area contributed by atoms with Crippen molar-refractivity contribution in [1.29, 1.82) is 0 Å². The Labute approximate surface area is 270 Å². The van der Waals surface area contributed by atoms with Crippen LogP contribution >= 0.6 is 11.6 Å². The molecule has 0 atom stereocenters. The predicted molar refractivity (Wildman–Crippen MR) is 185 cm³/mol. The number of aryl methyl sites for hydroxylation is 1. The third kappa shape index (κ3) is 6.16. The largest absolute Gasteiger partial charge is 0.405 e. The lowest BCUT2D eigenvalue weighted by Crippen LogP contribution is -2.67. The van der Waals surface area contributed by atoms with Crippen LogP contribution in [-0.4, -0.2) is 49.8 Å². The molecule has 0 saturated heterocycles. The van der Waals surface area contributed by atoms with Gasteiger partial charge >= 0.3 is 0 Å². The maximum Gasteiger partial charge on any atom is 0.261 e. The van der Waals surface area contributed by atoms with Crippen molar-refractivity contribution in [2.24, 2.45) is 7.05 Å². The van der Waals surface area contributed by atoms with Crippen LogP contribution in [0.5, 0.6) is 0 Å². The Hall–Kier alpha value is -4.31. The first kappa shape index (κ1) is 30.7. The third-order valence-electron chi connectivity index (χ3n) is 7.95. The van der Waals surface area contributed by atoms with Crippen LogP contribution in [0.1, 0.15) is 34.6 Å². The van der Waals surface area contributed by atoms with Gasteiger partial charge in [0, 0.05) is 29.4 Å². The number of nitrogens with one attached hydrogen (secondary N) is 1. The summed E-state index contributed by atoms with van der Waals surface area (Å²) >= 11 is 6.16. The maximum atomic E-state index is 7.24. The van der Waals surface area contributed by atoms with E-state index in [-0.39, 0.29) is 5.04 Å². The van der Waals surface area contributed by atoms with Gasteiger partial charge in [0.2, 0.25) is 5.95 Å². The van der Waals surface area contributed by atoms with Crippen molar-refractivity contribution in [2.75, 3.05) is 11.9 Å². The highest BCUT2D eigenvalue weighted by Gasteiger charge is 2.50. The van der Waals surface area contributed by atoms with Crippen LogP contribution in [0, 0.1) is 0 Å². The molecule has 6 rings (SSSR count). The minimum atomic E-state index is -2.72. The zero-order chi connectivity index (χ0) is 31.8. The van der Waals surface area contributed by atoms with E-state index in [0.29, 0.717) is 28.9 Å². The lowest BCUT2D eigenvalue weighted by Gasteiger charge is -2.44. The summed E-state index contributed by atoms with van der Waals surface area (Å²) in [5.41, 5.74) is 3.36. The van der Waals surface area contributed by atoms with E-state index in [0.717, 1.165) is 16.8 Å². The first-order chi connectivity index (χ1) is 21.4. The Morgan fingerprint density at radius 2 is 1.42 bits per heavy atom. The molecule has 0 amide bonds. The van der Waals surface area contributed by atoms with E-state index in [2.05, 4.69) is 106 Å². The van der Waals surface area contributed by atoms with Gasteiger partial charge < -0.3 is 9.74 Å². The van der Waals surface area contributed by atoms with Gasteiger partial charge in [-0.2, -0.15) is 10.1 Å². The molecule has 0 spiro atoms. The van der Waals surface area contributed by atoms with Gasteiger partial charge in [0.15, 0.2) is 5.65 Å². The molecular weight excluding hydrogens is 598 g/mol. The Bertz CT molecular complexity index is 1870. The van der Waals surface area contributed by atoms with E-state index in [1.54, 1.807) is 15.4 Å². The summed E-state index contributed by atoms with van der Waals surface area (Å²) in [5, 5.41) is 15.8. The Kier molecular flexibility index (Phi) is 8.11. The number of fused-ring (bicyclic) bond motifs is 1. The van der Waals surface area contributed by atoms with Gasteiger partial charge in [-0.15, -0.1) is 5.10 Å². The first-order valence-electron chi connectivity index (χ1n) is 15.0. The number of nitrogens with zero attached hydrogens (tertiary/aromatic N) is 6. The Morgan fingerprint density at radius 3 is 1.98 bits per heavy atom. The van der Waals surface area contributed by atoms with Crippen LogP contribution in [-0.2, 0) is 11.5 Å². The molecule has 3 heterocycles. The standard InChI is InChI=1S/C35H38ClN7OSi/c1-34(2,3)45(28-13-9-7-10-14-28,29-15-11-8-12-16-29)44-24-35(4,5)40-33-39-32-31(26-21-37-42(6)22-26)38-30(23-43(32)41-33)25-17-19-27(36)20-18-25/h7-23H,24H2,1-6H3,(H,40,41). The summed E-state index contributed by atoms with van der Waals surface area (Å²) in [4.78, 5) is 9.91. The third-order valence-corrected chi connectivity index (χ3v) is 13.2. The quantitative estimate of drug-likeness (QED) is 0.180. The smallest absolute Gasteiger partial charge is 0.261 e. The molecule has 3 aromatic heterocycles. The number of hydrogen-bond donors (Lipinski definition) is 1. The molecule has 1 N–H and O–H groups in total. The molecule has 6 aromatic rings. The zero-order valence-corrected chi connectivity index (χ0v) is 28.2. The summed E-state index contributed by atoms with van der Waals surface area (Å²) < 4.78 is 10.8. The Morgan fingerprint density at radius 1 is 0.800 bits per heavy atom. The van der Waals surface area contributed by atoms with E-state index in [4.69, 9.17) is 31.1 Å². The molecule has 0 saturated carbocycles. The second-order valence-corrected chi connectivity index (χ2v) is 17.8. The zero-order valence-electron chi connectivity index (χ0n) is 26.5. The van der Waals surface area contributed by atoms with E-state index >= 15 is 0 Å². The van der Waals surface area contributed by atoms with Crippen LogP contribution in [0.3, 0.4) is 0 Å². The van der Waals surface area contributed by atoms with Crippen molar-refractivity contribution in [2.45, 2.75) is 45.2 Å². The lowest BCUT2D eigenvalue weighted by atomic mass is 10.1. The summed E-state index contributed by atoms with van der Waals surface area (Å²) in [7, 11) is -0.839. The fraction of sp³-hybridized carbons (Fsp3) is 0.257. The highest BCUT2D eigenvalue weighted by Crippen LogP contribution is 2.37. The number of aromatic nitrogens is 6. The molecule has 0 fully saturated rings. The predicted octanol–water partition coefficient (Wildman–Crippen LogP) is 6.61. The summed E-state index contributed by atoms with van der Waals surface area (Å²) in [6.45, 7) is 11.5. The van der Waals surface area contributed by atoms with Crippen LogP contribution in [0.25, 0.3) is 28.2 Å². The molecule has 8 nitrogen and oxygen atoms in total. The van der Waals surface area contributed by atoms with Crippen LogP contribution < -0.4 is 15.7 Å². The molecule has 0 radical (unpaired) electrons. The van der Waals surface area contributed by atoms with Crippen LogP contribution in [0.15, 0.2) is 104 Å². The summed E-state index contributed by atoms with van der Waals surface area (Å²) in [6, 6.07) is 29.0. The average Bonchev–Trinajstić information content (AvgIpc) is 3.62. The Balaban J connectivity index is 1.36. The van der Waals surface area contributed by atoms with Gasteiger partial charge in [-0.3, -0.25) is 4.68 Å². The molecule has 230 valence electrons. The van der Waals surface area contributed by atoms with Crippen molar-refractivity contribution in [1.82, 2.24) is 29.4 Å². The van der Waals surface area contributed by atoms with Crippen LogP contribution in [0.2, 0.25) is 10.1 Å². The molecule has 3 aromatic carbocycles. The number of anilines is 1. The number of halogens is 1. The SMILES string of the molecule is Cn1cc(-c2nc(-c3ccc(Cl)cc3)cn3nc(NC(C)(C)CO[Si](c4ccccc4)(c4ccccc4)C(C)(C)C)nc23)cn1. The van der Waals surface area contributed by atoms with Gasteiger partial charge in [0.25, 0.3) is 8.32 Å². The van der Waals surface area contributed by atoms with E-state index < -0.39 is 13.9 Å². The highest BCUT2D eigenvalue weighted by molar-refractivity contribution is 6.99. The average molecular weight is 636 g/mol. The van der Waals surface area contributed by atoms with E-state index in [1.165, 1.54) is 10.4 Å². The van der Waals surface area contributed by atoms with Crippen molar-refractivity contribution in [3.63, 3.8) is 0 Å². The van der Waals surface area contributed by atoms with Crippen LogP contribution in [0.4, 0.5) is 5.95 Å². The minimum absolute atomic E-state index is 0.129. The second-order valence-electron chi connectivity index (χ2n) is 13.0. The van der Waals surface area contributed by atoms with Gasteiger partial charge in [0.1, 0.15) is 5.69 Å². The van der Waals surface area contributed by atoms with Crippen molar-refractivity contribution in [3.8, 4) is 22.5 Å². The fourth-order valence-corrected chi connectivity index (χ4v) is 10.7. The monoisotopic (exact) mass is 635 g/mol. The fourth-order valence-electron chi connectivity index (χ4n) is 5.83. The first-order valence-corrected chi connectivity index (χ1v) is 17.3. The normalized spacial score (nSPS) is 12.5. The number of benzene rings is 3. The molecule has 0 bridgehead atoms. The number of rotatable bonds is 9. The minimum Gasteiger partial charge on any atom is -0.405 e. The molecule has 0 unspecified atom stereocenters. The van der Waals surface area contributed by atoms with Gasteiger partial charge in [0.05, 0.1) is 30.2 Å². The topological polar surface area (TPSA) is 82.2 Å². The molecule has 0 aliphatic rings. The number of hydrogen-bond acceptors (Lipinski definition) is 6. The van der Waals surface area contributed by atoms with E-state index in [1.807, 2.05) is 43.7 Å². The second kappa shape index (κ2) is 11.9. The van der Waals surface area contributed by atoms with Crippen molar-refractivity contribution >= 4 is 41.9 Å². The maximum absolute atomic E-state index is 7.24. The molecule has 45 heavy (non-hydrogen) atoms. The molecule has 0 aliphatic carbocycles. The molecule has 0 aliphatic heterocycles. The molecule has 10 heteroatoms. The molecular formula is C35H38ClN7OSi. The summed E-state index contributed by atoms with van der Waals surface area (Å²) in [6.07, 6.45) is 5.61. The van der Waals surface area contributed by atoms with Crippen molar-refractivity contribution < 1.29 is 4.43 Å². The van der Waals surface area contributed by atoms with Gasteiger partial charge in [-0.25, -0.2) is 9.50 Å². The highest BCUT2D eigenvalue weighted by atomic mass is 35.5. The van der Waals surface area contributed by atoms with E-state index in [9.17, 15) is 0 Å². The van der Waals surface area contributed by atoms with Crippen molar-refractivity contribution in [3.05, 3.63) is 109 Å². The van der Waals surface area contributed by atoms with Gasteiger partial charge in [-0.1, -0.05) is 105 Å². The van der Waals surface area contributed by atoms with Gasteiger partial charge in [-0.05, 0) is 41.4 Å². The lowest BCUT2D eigenvalue weighted by molar-refractivity contribution is 0.241. The summed E-state index contributed by atoms with van der Waals surface area (Å²) in [5.74, 6) is 0.492.